The molecule has 5 rings (SSSR count). The lowest BCUT2D eigenvalue weighted by molar-refractivity contribution is -0.308. The number of hydrogen-bond acceptors (Lipinski definition) is 14. The lowest BCUT2D eigenvalue weighted by atomic mass is 9.89. The summed E-state index contributed by atoms with van der Waals surface area (Å²) in [5.41, 5.74) is -0.444. The van der Waals surface area contributed by atoms with Gasteiger partial charge in [-0.3, -0.25) is 4.79 Å². The number of benzene rings is 2. The SMILES string of the molecule is COc1cc2oc(-c3ccc(O)cc3)cc(=O)c2c(O)c1C1OC(COC2OC(C)C(O)C(O)C2O)C(O)C(O)C1O. The minimum Gasteiger partial charge on any atom is -0.508 e. The second kappa shape index (κ2) is 11.8. The Bertz CT molecular complexity index is 1470. The Morgan fingerprint density at radius 2 is 1.50 bits per heavy atom. The molecule has 3 heterocycles. The van der Waals surface area contributed by atoms with Crippen LogP contribution in [-0.2, 0) is 14.2 Å². The van der Waals surface area contributed by atoms with Gasteiger partial charge in [-0.15, -0.1) is 0 Å². The molecule has 8 N–H and O–H groups in total. The van der Waals surface area contributed by atoms with Crippen LogP contribution >= 0.6 is 0 Å². The summed E-state index contributed by atoms with van der Waals surface area (Å²) in [5, 5.41) is 82.8. The van der Waals surface area contributed by atoms with Crippen molar-refractivity contribution in [3.8, 4) is 28.6 Å². The van der Waals surface area contributed by atoms with E-state index in [1.807, 2.05) is 0 Å². The molecule has 10 unspecified atom stereocenters. The van der Waals surface area contributed by atoms with Gasteiger partial charge in [0.05, 0.1) is 25.4 Å². The maximum absolute atomic E-state index is 13.1. The monoisotopic (exact) mass is 592 g/mol. The summed E-state index contributed by atoms with van der Waals surface area (Å²) in [6, 6.07) is 8.33. The summed E-state index contributed by atoms with van der Waals surface area (Å²) < 4.78 is 28.0. The maximum Gasteiger partial charge on any atom is 0.197 e. The lowest BCUT2D eigenvalue weighted by Crippen LogP contribution is -2.59. The van der Waals surface area contributed by atoms with Gasteiger partial charge in [0, 0.05) is 17.7 Å². The van der Waals surface area contributed by atoms with Gasteiger partial charge >= 0.3 is 0 Å². The number of aliphatic hydroxyl groups excluding tert-OH is 6. The van der Waals surface area contributed by atoms with Gasteiger partial charge in [0.2, 0.25) is 0 Å². The minimum absolute atomic E-state index is 0.0151. The van der Waals surface area contributed by atoms with Crippen LogP contribution in [0, 0.1) is 0 Å². The zero-order valence-corrected chi connectivity index (χ0v) is 22.5. The van der Waals surface area contributed by atoms with Gasteiger partial charge in [0.15, 0.2) is 11.7 Å². The number of methoxy groups -OCH3 is 1. The van der Waals surface area contributed by atoms with Crippen LogP contribution in [0.1, 0.15) is 18.6 Å². The van der Waals surface area contributed by atoms with Crippen molar-refractivity contribution >= 4 is 11.0 Å². The van der Waals surface area contributed by atoms with Crippen LogP contribution in [0.3, 0.4) is 0 Å². The van der Waals surface area contributed by atoms with E-state index in [-0.39, 0.29) is 33.8 Å². The van der Waals surface area contributed by atoms with Gasteiger partial charge < -0.3 is 64.2 Å². The van der Waals surface area contributed by atoms with Gasteiger partial charge in [-0.2, -0.15) is 0 Å². The molecule has 2 aliphatic rings. The summed E-state index contributed by atoms with van der Waals surface area (Å²) in [6.07, 6.45) is -15.1. The largest absolute Gasteiger partial charge is 0.508 e. The van der Waals surface area contributed by atoms with E-state index >= 15 is 0 Å². The van der Waals surface area contributed by atoms with Crippen molar-refractivity contribution < 1.29 is 64.2 Å². The Morgan fingerprint density at radius 3 is 2.17 bits per heavy atom. The van der Waals surface area contributed by atoms with Crippen LogP contribution in [-0.4, -0.2) is 110 Å². The molecule has 3 aromatic rings. The van der Waals surface area contributed by atoms with E-state index in [0.29, 0.717) is 5.56 Å². The molecule has 0 bridgehead atoms. The van der Waals surface area contributed by atoms with E-state index in [2.05, 4.69) is 0 Å². The molecular weight excluding hydrogens is 560 g/mol. The van der Waals surface area contributed by atoms with Crippen LogP contribution in [0.15, 0.2) is 45.6 Å². The van der Waals surface area contributed by atoms with Crippen molar-refractivity contribution in [2.75, 3.05) is 13.7 Å². The van der Waals surface area contributed by atoms with Crippen LogP contribution in [0.5, 0.6) is 17.2 Å². The second-order valence-electron chi connectivity index (χ2n) is 10.3. The summed E-state index contributed by atoms with van der Waals surface area (Å²) in [6.45, 7) is 0.935. The molecule has 0 radical (unpaired) electrons. The summed E-state index contributed by atoms with van der Waals surface area (Å²) >= 11 is 0. The molecule has 0 aliphatic carbocycles. The fraction of sp³-hybridized carbons (Fsp3) is 0.464. The summed E-state index contributed by atoms with van der Waals surface area (Å²) in [7, 11) is 1.26. The molecule has 2 aromatic carbocycles. The third-order valence-corrected chi connectivity index (χ3v) is 7.60. The normalized spacial score (nSPS) is 33.5. The standard InChI is InChI=1S/C28H32O14/c1-10-20(31)23(34)26(37)28(40-10)39-9-17-21(32)24(35)25(36)27(42-17)19-15(38-2)8-16-18(22(19)33)13(30)7-14(41-16)11-3-5-12(29)6-4-11/h3-8,10,17,20-21,23-29,31-37H,9H2,1-2H3. The molecule has 10 atom stereocenters. The zero-order chi connectivity index (χ0) is 30.5. The fourth-order valence-corrected chi connectivity index (χ4v) is 5.17. The maximum atomic E-state index is 13.1. The van der Waals surface area contributed by atoms with Crippen molar-refractivity contribution in [3.63, 3.8) is 0 Å². The highest BCUT2D eigenvalue weighted by Crippen LogP contribution is 2.45. The second-order valence-corrected chi connectivity index (χ2v) is 10.3. The Morgan fingerprint density at radius 1 is 0.833 bits per heavy atom. The number of aromatic hydroxyl groups is 2. The van der Waals surface area contributed by atoms with Gasteiger partial charge in [-0.05, 0) is 31.2 Å². The number of fused-ring (bicyclic) bond motifs is 1. The number of hydrogen-bond donors (Lipinski definition) is 8. The molecule has 0 spiro atoms. The van der Waals surface area contributed by atoms with Crippen LogP contribution < -0.4 is 10.2 Å². The molecule has 14 heteroatoms. The highest BCUT2D eigenvalue weighted by atomic mass is 16.7. The van der Waals surface area contributed by atoms with E-state index in [1.54, 1.807) is 0 Å². The molecule has 2 fully saturated rings. The highest BCUT2D eigenvalue weighted by molar-refractivity contribution is 5.88. The van der Waals surface area contributed by atoms with Gasteiger partial charge in [-0.25, -0.2) is 0 Å². The molecular formula is C28H32O14. The molecule has 0 saturated carbocycles. The van der Waals surface area contributed by atoms with Crippen LogP contribution in [0.4, 0.5) is 0 Å². The van der Waals surface area contributed by atoms with Crippen LogP contribution in [0.25, 0.3) is 22.3 Å². The average Bonchev–Trinajstić information content (AvgIpc) is 2.97. The summed E-state index contributed by atoms with van der Waals surface area (Å²) in [4.78, 5) is 13.1. The van der Waals surface area contributed by atoms with Gasteiger partial charge in [0.1, 0.15) is 82.8 Å². The smallest absolute Gasteiger partial charge is 0.197 e. The number of aliphatic hydroxyl groups is 6. The van der Waals surface area contributed by atoms with E-state index in [4.69, 9.17) is 23.4 Å². The molecule has 2 aliphatic heterocycles. The molecule has 0 amide bonds. The number of phenols is 2. The fourth-order valence-electron chi connectivity index (χ4n) is 5.17. The number of phenolic OH excluding ortho intramolecular Hbond substituents is 2. The average molecular weight is 593 g/mol. The third kappa shape index (κ3) is 5.32. The Hall–Kier alpha value is -3.31. The molecule has 14 nitrogen and oxygen atoms in total. The predicted octanol–water partition coefficient (Wildman–Crippen LogP) is -0.754. The number of ether oxygens (including phenoxy) is 4. The van der Waals surface area contributed by atoms with Crippen molar-refractivity contribution in [3.05, 3.63) is 52.2 Å². The van der Waals surface area contributed by atoms with E-state index in [0.717, 1.165) is 6.07 Å². The molecule has 2 saturated heterocycles. The van der Waals surface area contributed by atoms with Crippen molar-refractivity contribution in [1.29, 1.82) is 0 Å². The first-order valence-electron chi connectivity index (χ1n) is 13.1. The lowest BCUT2D eigenvalue weighted by Gasteiger charge is -2.43. The quantitative estimate of drug-likeness (QED) is 0.176. The highest BCUT2D eigenvalue weighted by Gasteiger charge is 2.48. The molecule has 1 aromatic heterocycles. The van der Waals surface area contributed by atoms with Crippen molar-refractivity contribution in [2.24, 2.45) is 0 Å². The van der Waals surface area contributed by atoms with Gasteiger partial charge in [0.25, 0.3) is 0 Å². The topological polar surface area (TPSA) is 229 Å². The third-order valence-electron chi connectivity index (χ3n) is 7.60. The van der Waals surface area contributed by atoms with Crippen molar-refractivity contribution in [2.45, 2.75) is 68.1 Å². The molecule has 228 valence electrons. The Balaban J connectivity index is 1.47. The Kier molecular flexibility index (Phi) is 8.44. The van der Waals surface area contributed by atoms with E-state index in [9.17, 15) is 45.6 Å². The summed E-state index contributed by atoms with van der Waals surface area (Å²) in [5.74, 6) is -0.568. The van der Waals surface area contributed by atoms with Gasteiger partial charge in [-0.1, -0.05) is 0 Å². The minimum atomic E-state index is -1.81. The Labute approximate surface area is 238 Å². The van der Waals surface area contributed by atoms with E-state index < -0.39 is 79.0 Å². The molecule has 42 heavy (non-hydrogen) atoms. The van der Waals surface area contributed by atoms with E-state index in [1.165, 1.54) is 44.4 Å². The number of rotatable bonds is 6. The zero-order valence-electron chi connectivity index (χ0n) is 22.5. The van der Waals surface area contributed by atoms with Crippen LogP contribution in [0.2, 0.25) is 0 Å². The first-order chi connectivity index (χ1) is 19.9. The first-order valence-corrected chi connectivity index (χ1v) is 13.1. The predicted molar refractivity (Wildman–Crippen MR) is 142 cm³/mol. The van der Waals surface area contributed by atoms with Crippen molar-refractivity contribution in [1.82, 2.24) is 0 Å². The first kappa shape index (κ1) is 30.2.